The molecule has 3 nitrogen and oxygen atoms in total. The lowest BCUT2D eigenvalue weighted by atomic mass is 9.96. The van der Waals surface area contributed by atoms with Crippen molar-refractivity contribution < 1.29 is 0 Å². The molecular formula is C17H23N3. The number of rotatable bonds is 2. The van der Waals surface area contributed by atoms with Crippen LogP contribution in [-0.2, 0) is 0 Å². The molecule has 0 aliphatic heterocycles. The number of hydrogen-bond acceptors (Lipinski definition) is 2. The summed E-state index contributed by atoms with van der Waals surface area (Å²) in [6.07, 6.45) is 7.40. The van der Waals surface area contributed by atoms with E-state index in [1.165, 1.54) is 36.6 Å². The van der Waals surface area contributed by atoms with Crippen LogP contribution in [0.3, 0.4) is 0 Å². The Kier molecular flexibility index (Phi) is 5.20. The molecule has 0 saturated heterocycles. The summed E-state index contributed by atoms with van der Waals surface area (Å²) >= 11 is 0. The van der Waals surface area contributed by atoms with Crippen LogP contribution in [0.25, 0.3) is 10.9 Å². The van der Waals surface area contributed by atoms with Gasteiger partial charge in [-0.2, -0.15) is 5.26 Å². The molecule has 2 N–H and O–H groups in total. The van der Waals surface area contributed by atoms with Crippen molar-refractivity contribution in [3.63, 3.8) is 0 Å². The van der Waals surface area contributed by atoms with Gasteiger partial charge in [-0.05, 0) is 56.1 Å². The van der Waals surface area contributed by atoms with E-state index in [0.717, 1.165) is 17.6 Å². The second-order valence-corrected chi connectivity index (χ2v) is 5.30. The van der Waals surface area contributed by atoms with Crippen LogP contribution in [0.1, 0.15) is 49.7 Å². The third kappa shape index (κ3) is 3.20. The fourth-order valence-corrected chi connectivity index (χ4v) is 2.79. The highest BCUT2D eigenvalue weighted by Crippen LogP contribution is 2.37. The minimum absolute atomic E-state index is 0.697. The first-order valence-corrected chi connectivity index (χ1v) is 7.45. The van der Waals surface area contributed by atoms with Gasteiger partial charge in [0.05, 0.1) is 11.6 Å². The number of aromatic amines is 1. The Morgan fingerprint density at radius 2 is 2.05 bits per heavy atom. The van der Waals surface area contributed by atoms with Gasteiger partial charge in [-0.15, -0.1) is 0 Å². The van der Waals surface area contributed by atoms with Crippen LogP contribution < -0.4 is 5.32 Å². The average Bonchev–Trinajstić information content (AvgIpc) is 3.15. The summed E-state index contributed by atoms with van der Waals surface area (Å²) in [5, 5.41) is 13.1. The van der Waals surface area contributed by atoms with Gasteiger partial charge < -0.3 is 10.3 Å². The first kappa shape index (κ1) is 14.6. The smallest absolute Gasteiger partial charge is 0.0991 e. The van der Waals surface area contributed by atoms with E-state index in [1.807, 2.05) is 25.2 Å². The van der Waals surface area contributed by atoms with E-state index in [-0.39, 0.29) is 0 Å². The average molecular weight is 269 g/mol. The van der Waals surface area contributed by atoms with Crippen molar-refractivity contribution in [1.29, 1.82) is 5.26 Å². The zero-order valence-electron chi connectivity index (χ0n) is 12.4. The summed E-state index contributed by atoms with van der Waals surface area (Å²) < 4.78 is 0. The van der Waals surface area contributed by atoms with Gasteiger partial charge in [-0.1, -0.05) is 19.8 Å². The monoisotopic (exact) mass is 269 g/mol. The van der Waals surface area contributed by atoms with Gasteiger partial charge in [-0.25, -0.2) is 0 Å². The molecule has 1 aliphatic rings. The van der Waals surface area contributed by atoms with Gasteiger partial charge >= 0.3 is 0 Å². The van der Waals surface area contributed by atoms with E-state index in [1.54, 1.807) is 0 Å². The molecule has 3 rings (SSSR count). The Morgan fingerprint density at radius 3 is 2.65 bits per heavy atom. The van der Waals surface area contributed by atoms with Crippen molar-refractivity contribution in [1.82, 2.24) is 10.3 Å². The second-order valence-electron chi connectivity index (χ2n) is 5.30. The molecule has 20 heavy (non-hydrogen) atoms. The second kappa shape index (κ2) is 7.12. The largest absolute Gasteiger partial charge is 0.361 e. The lowest BCUT2D eigenvalue weighted by Gasteiger charge is -2.06. The molecule has 0 amide bonds. The van der Waals surface area contributed by atoms with Crippen LogP contribution in [0.2, 0.25) is 0 Å². The van der Waals surface area contributed by atoms with Gasteiger partial charge in [0.2, 0.25) is 0 Å². The van der Waals surface area contributed by atoms with Gasteiger partial charge in [0.1, 0.15) is 0 Å². The minimum Gasteiger partial charge on any atom is -0.361 e. The Labute approximate surface area is 121 Å². The third-order valence-corrected chi connectivity index (χ3v) is 3.99. The number of H-pyrrole nitrogens is 1. The number of nitrogens with one attached hydrogen (secondary N) is 2. The zero-order chi connectivity index (χ0) is 14.4. The molecule has 1 saturated carbocycles. The van der Waals surface area contributed by atoms with E-state index in [4.69, 9.17) is 5.26 Å². The van der Waals surface area contributed by atoms with E-state index in [9.17, 15) is 0 Å². The SMILES string of the molecule is CCNC.N#Cc1ccc2[nH]cc(C3CCCC3)c2c1. The maximum atomic E-state index is 8.93. The molecule has 1 heterocycles. The molecule has 0 atom stereocenters. The topological polar surface area (TPSA) is 51.6 Å². The normalized spacial score (nSPS) is 14.8. The highest BCUT2D eigenvalue weighted by atomic mass is 14.8. The van der Waals surface area contributed by atoms with Gasteiger partial charge in [0.25, 0.3) is 0 Å². The fourth-order valence-electron chi connectivity index (χ4n) is 2.79. The third-order valence-electron chi connectivity index (χ3n) is 3.99. The summed E-state index contributed by atoms with van der Waals surface area (Å²) in [5.74, 6) is 0.697. The van der Waals surface area contributed by atoms with Crippen molar-refractivity contribution >= 4 is 10.9 Å². The molecule has 0 bridgehead atoms. The lowest BCUT2D eigenvalue weighted by molar-refractivity contribution is 0.729. The molecule has 0 radical (unpaired) electrons. The first-order valence-electron chi connectivity index (χ1n) is 7.45. The molecule has 106 valence electrons. The Balaban J connectivity index is 0.000000328. The molecule has 1 aromatic carbocycles. The summed E-state index contributed by atoms with van der Waals surface area (Å²) in [5.41, 5.74) is 3.32. The summed E-state index contributed by atoms with van der Waals surface area (Å²) in [6.45, 7) is 3.14. The molecule has 0 unspecified atom stereocenters. The number of aromatic nitrogens is 1. The van der Waals surface area contributed by atoms with Crippen LogP contribution in [-0.4, -0.2) is 18.6 Å². The Hall–Kier alpha value is -1.79. The molecular weight excluding hydrogens is 246 g/mol. The first-order chi connectivity index (χ1) is 9.80. The summed E-state index contributed by atoms with van der Waals surface area (Å²) in [7, 11) is 1.93. The molecule has 3 heteroatoms. The van der Waals surface area contributed by atoms with Crippen LogP contribution >= 0.6 is 0 Å². The molecule has 1 aliphatic carbocycles. The Bertz CT molecular complexity index is 584. The molecule has 2 aromatic rings. The van der Waals surface area contributed by atoms with E-state index >= 15 is 0 Å². The fraction of sp³-hybridized carbons (Fsp3) is 0.471. The van der Waals surface area contributed by atoms with Crippen LogP contribution in [0.4, 0.5) is 0 Å². The van der Waals surface area contributed by atoms with Crippen molar-refractivity contribution in [2.45, 2.75) is 38.5 Å². The zero-order valence-corrected chi connectivity index (χ0v) is 12.4. The maximum absolute atomic E-state index is 8.93. The standard InChI is InChI=1S/C14H14N2.C3H9N/c15-8-10-5-6-14-12(7-10)13(9-16-14)11-3-1-2-4-11;1-3-4-2/h5-7,9,11,16H,1-4H2;4H,3H2,1-2H3. The Morgan fingerprint density at radius 1 is 1.35 bits per heavy atom. The summed E-state index contributed by atoms with van der Waals surface area (Å²) in [4.78, 5) is 3.31. The van der Waals surface area contributed by atoms with E-state index in [2.05, 4.69) is 29.5 Å². The predicted molar refractivity (Wildman–Crippen MR) is 83.8 cm³/mol. The van der Waals surface area contributed by atoms with Gasteiger partial charge in [0, 0.05) is 17.1 Å². The number of hydrogen-bond donors (Lipinski definition) is 2. The van der Waals surface area contributed by atoms with Crippen LogP contribution in [0.15, 0.2) is 24.4 Å². The van der Waals surface area contributed by atoms with Crippen LogP contribution in [0, 0.1) is 11.3 Å². The minimum atomic E-state index is 0.697. The van der Waals surface area contributed by atoms with E-state index < -0.39 is 0 Å². The molecule has 0 spiro atoms. The predicted octanol–water partition coefficient (Wildman–Crippen LogP) is 3.92. The summed E-state index contributed by atoms with van der Waals surface area (Å²) in [6, 6.07) is 8.10. The van der Waals surface area contributed by atoms with E-state index in [0.29, 0.717) is 5.92 Å². The van der Waals surface area contributed by atoms with Crippen molar-refractivity contribution in [3.8, 4) is 6.07 Å². The highest BCUT2D eigenvalue weighted by molar-refractivity contribution is 5.85. The number of benzene rings is 1. The highest BCUT2D eigenvalue weighted by Gasteiger charge is 2.20. The molecule has 1 fully saturated rings. The maximum Gasteiger partial charge on any atom is 0.0991 e. The van der Waals surface area contributed by atoms with Gasteiger partial charge in [-0.3, -0.25) is 0 Å². The van der Waals surface area contributed by atoms with Crippen molar-refractivity contribution in [3.05, 3.63) is 35.5 Å². The molecule has 1 aromatic heterocycles. The number of fused-ring (bicyclic) bond motifs is 1. The lowest BCUT2D eigenvalue weighted by Crippen LogP contribution is -2.01. The van der Waals surface area contributed by atoms with Gasteiger partial charge in [0.15, 0.2) is 0 Å². The number of nitrogens with zero attached hydrogens (tertiary/aromatic N) is 1. The van der Waals surface area contributed by atoms with Crippen molar-refractivity contribution in [2.75, 3.05) is 13.6 Å². The quantitative estimate of drug-likeness (QED) is 0.868. The number of nitriles is 1. The van der Waals surface area contributed by atoms with Crippen LogP contribution in [0.5, 0.6) is 0 Å². The van der Waals surface area contributed by atoms with Crippen molar-refractivity contribution in [2.24, 2.45) is 0 Å².